The molecule has 0 amide bonds. The Morgan fingerprint density at radius 1 is 0.744 bits per heavy atom. The third-order valence-corrected chi connectivity index (χ3v) is 7.09. The molecule has 8 heteroatoms. The number of anilines is 2. The monoisotopic (exact) mass is 584 g/mol. The van der Waals surface area contributed by atoms with Gasteiger partial charge in [0, 0.05) is 40.0 Å². The van der Waals surface area contributed by atoms with Crippen molar-refractivity contribution in [3.05, 3.63) is 136 Å². The molecule has 0 saturated heterocycles. The number of rotatable bonds is 6. The van der Waals surface area contributed by atoms with Crippen molar-refractivity contribution in [2.75, 3.05) is 10.6 Å². The molecule has 0 saturated carbocycles. The standard InChI is InChI=1S/C35H24N2O5S/c38-25-13-16-28-31(19-25)42-32-20-26(39)14-17-29(32)33(28)27-15-12-24(18-30(27)34(40)41)37-35(43)36-23-10-8-22(9-11-23)7-6-21-4-2-1-3-5-21/h1-20,38H,(H,40,41)(H2,36,37,43)/b7-6+. The van der Waals surface area contributed by atoms with E-state index in [0.717, 1.165) is 16.8 Å². The lowest BCUT2D eigenvalue weighted by molar-refractivity contribution is 0.0697. The van der Waals surface area contributed by atoms with Crippen molar-refractivity contribution in [3.63, 3.8) is 0 Å². The van der Waals surface area contributed by atoms with Gasteiger partial charge in [0.2, 0.25) is 0 Å². The maximum atomic E-state index is 12.5. The van der Waals surface area contributed by atoms with E-state index in [1.165, 1.54) is 30.3 Å². The Labute approximate surface area is 251 Å². The van der Waals surface area contributed by atoms with Crippen molar-refractivity contribution in [2.45, 2.75) is 0 Å². The number of nitrogens with one attached hydrogen (secondary N) is 2. The molecule has 1 heterocycles. The van der Waals surface area contributed by atoms with Gasteiger partial charge in [-0.15, -0.1) is 0 Å². The van der Waals surface area contributed by atoms with Crippen LogP contribution in [0.15, 0.2) is 118 Å². The SMILES string of the molecule is O=C(O)c1cc(NC(=S)Nc2ccc(/C=C/c3ccccc3)cc2)ccc1-c1c2ccc(=O)cc-2oc2cc(O)ccc12. The van der Waals surface area contributed by atoms with Crippen molar-refractivity contribution in [1.82, 2.24) is 0 Å². The molecular weight excluding hydrogens is 560 g/mol. The molecule has 7 nitrogen and oxygen atoms in total. The molecule has 0 atom stereocenters. The fourth-order valence-electron chi connectivity index (χ4n) is 4.89. The molecule has 4 N–H and O–H groups in total. The Morgan fingerprint density at radius 3 is 2.16 bits per heavy atom. The molecule has 4 aromatic rings. The van der Waals surface area contributed by atoms with Gasteiger partial charge in [-0.05, 0) is 77.4 Å². The molecule has 2 aliphatic rings. The second kappa shape index (κ2) is 11.6. The second-order valence-electron chi connectivity index (χ2n) is 9.83. The molecule has 0 spiro atoms. The number of aromatic carboxylic acids is 1. The van der Waals surface area contributed by atoms with E-state index in [1.807, 2.05) is 66.7 Å². The lowest BCUT2D eigenvalue weighted by Crippen LogP contribution is -2.19. The minimum atomic E-state index is -1.14. The van der Waals surface area contributed by atoms with Crippen LogP contribution in [0.4, 0.5) is 11.4 Å². The molecule has 43 heavy (non-hydrogen) atoms. The van der Waals surface area contributed by atoms with Crippen LogP contribution in [0.3, 0.4) is 0 Å². The number of fused-ring (bicyclic) bond motifs is 2. The molecule has 1 aliphatic carbocycles. The van der Waals surface area contributed by atoms with Crippen LogP contribution in [0.5, 0.6) is 5.75 Å². The lowest BCUT2D eigenvalue weighted by Gasteiger charge is -2.18. The molecule has 0 bridgehead atoms. The number of phenols is 1. The van der Waals surface area contributed by atoms with Crippen LogP contribution in [-0.2, 0) is 0 Å². The maximum absolute atomic E-state index is 12.5. The smallest absolute Gasteiger partial charge is 0.336 e. The summed E-state index contributed by atoms with van der Waals surface area (Å²) in [6.07, 6.45) is 4.07. The Bertz CT molecular complexity index is 2050. The van der Waals surface area contributed by atoms with Crippen molar-refractivity contribution in [2.24, 2.45) is 0 Å². The van der Waals surface area contributed by atoms with E-state index in [1.54, 1.807) is 24.3 Å². The van der Waals surface area contributed by atoms with Gasteiger partial charge in [-0.25, -0.2) is 4.79 Å². The zero-order chi connectivity index (χ0) is 29.9. The Morgan fingerprint density at radius 2 is 1.42 bits per heavy atom. The third-order valence-electron chi connectivity index (χ3n) is 6.89. The maximum Gasteiger partial charge on any atom is 0.336 e. The van der Waals surface area contributed by atoms with Gasteiger partial charge < -0.3 is 25.3 Å². The molecule has 0 aromatic heterocycles. The summed E-state index contributed by atoms with van der Waals surface area (Å²) in [4.78, 5) is 24.5. The van der Waals surface area contributed by atoms with Crippen LogP contribution >= 0.6 is 12.2 Å². The average Bonchev–Trinajstić information content (AvgIpc) is 3.00. The predicted molar refractivity (Wildman–Crippen MR) is 175 cm³/mol. The first-order valence-corrected chi connectivity index (χ1v) is 13.7. The van der Waals surface area contributed by atoms with E-state index >= 15 is 0 Å². The highest BCUT2D eigenvalue weighted by molar-refractivity contribution is 7.80. The lowest BCUT2D eigenvalue weighted by atomic mass is 9.90. The number of carbonyl (C=O) groups is 1. The van der Waals surface area contributed by atoms with Crippen LogP contribution in [0.25, 0.3) is 45.6 Å². The Hall–Kier alpha value is -5.73. The average molecular weight is 585 g/mol. The van der Waals surface area contributed by atoms with E-state index < -0.39 is 5.97 Å². The first-order chi connectivity index (χ1) is 20.8. The number of thiocarbonyl (C=S) groups is 1. The number of carboxylic acids is 1. The molecule has 0 fully saturated rings. The highest BCUT2D eigenvalue weighted by Crippen LogP contribution is 2.42. The van der Waals surface area contributed by atoms with Gasteiger partial charge in [0.15, 0.2) is 10.5 Å². The van der Waals surface area contributed by atoms with Crippen LogP contribution in [0, 0.1) is 0 Å². The van der Waals surface area contributed by atoms with Gasteiger partial charge >= 0.3 is 5.97 Å². The number of hydrogen-bond donors (Lipinski definition) is 4. The van der Waals surface area contributed by atoms with E-state index in [4.69, 9.17) is 16.6 Å². The van der Waals surface area contributed by atoms with Crippen LogP contribution < -0.4 is 16.1 Å². The summed E-state index contributed by atoms with van der Waals surface area (Å²) in [7, 11) is 0. The zero-order valence-electron chi connectivity index (χ0n) is 22.6. The summed E-state index contributed by atoms with van der Waals surface area (Å²) in [6.45, 7) is 0. The summed E-state index contributed by atoms with van der Waals surface area (Å²) in [5, 5.41) is 27.3. The molecule has 0 radical (unpaired) electrons. The van der Waals surface area contributed by atoms with E-state index in [0.29, 0.717) is 38.5 Å². The highest BCUT2D eigenvalue weighted by Gasteiger charge is 2.22. The van der Waals surface area contributed by atoms with Gasteiger partial charge in [-0.1, -0.05) is 60.7 Å². The summed E-state index contributed by atoms with van der Waals surface area (Å²) in [5.74, 6) is -0.874. The number of carboxylic acid groups (broad SMARTS) is 1. The number of benzene rings is 5. The fourth-order valence-corrected chi connectivity index (χ4v) is 5.13. The fraction of sp³-hybridized carbons (Fsp3) is 0. The van der Waals surface area contributed by atoms with E-state index in [-0.39, 0.29) is 22.5 Å². The van der Waals surface area contributed by atoms with E-state index in [2.05, 4.69) is 10.6 Å². The Kier molecular flexibility index (Phi) is 7.43. The van der Waals surface area contributed by atoms with Crippen LogP contribution in [-0.4, -0.2) is 21.3 Å². The van der Waals surface area contributed by atoms with Crippen LogP contribution in [0.1, 0.15) is 21.5 Å². The van der Waals surface area contributed by atoms with Crippen molar-refractivity contribution >= 4 is 57.8 Å². The molecule has 210 valence electrons. The van der Waals surface area contributed by atoms with Gasteiger partial charge in [0.05, 0.1) is 5.56 Å². The van der Waals surface area contributed by atoms with Crippen molar-refractivity contribution < 1.29 is 19.4 Å². The number of hydrogen-bond acceptors (Lipinski definition) is 5. The number of phenolic OH excluding ortho intramolecular Hbond substituents is 1. The zero-order valence-corrected chi connectivity index (χ0v) is 23.4. The minimum Gasteiger partial charge on any atom is -0.508 e. The van der Waals surface area contributed by atoms with E-state index in [9.17, 15) is 19.8 Å². The quantitative estimate of drug-likeness (QED) is 0.0887. The normalized spacial score (nSPS) is 11.2. The van der Waals surface area contributed by atoms with Gasteiger partial charge in [0.25, 0.3) is 0 Å². The largest absolute Gasteiger partial charge is 0.508 e. The Balaban J connectivity index is 1.27. The topological polar surface area (TPSA) is 112 Å². The molecule has 4 aromatic carbocycles. The van der Waals surface area contributed by atoms with Crippen molar-refractivity contribution in [3.8, 4) is 28.2 Å². The van der Waals surface area contributed by atoms with Crippen LogP contribution in [0.2, 0.25) is 0 Å². The molecule has 6 rings (SSSR count). The van der Waals surface area contributed by atoms with Gasteiger partial charge in [0.1, 0.15) is 17.1 Å². The minimum absolute atomic E-state index is 0.0165. The summed E-state index contributed by atoms with van der Waals surface area (Å²) < 4.78 is 5.90. The molecule has 1 aliphatic heterocycles. The highest BCUT2D eigenvalue weighted by atomic mass is 32.1. The third kappa shape index (κ3) is 6.00. The second-order valence-corrected chi connectivity index (χ2v) is 10.2. The van der Waals surface area contributed by atoms with Gasteiger partial charge in [-0.3, -0.25) is 4.79 Å². The predicted octanol–water partition coefficient (Wildman–Crippen LogP) is 7.95. The number of aromatic hydroxyl groups is 1. The molecule has 0 unspecified atom stereocenters. The van der Waals surface area contributed by atoms with Gasteiger partial charge in [-0.2, -0.15) is 0 Å². The first kappa shape index (κ1) is 27.4. The van der Waals surface area contributed by atoms with Crippen molar-refractivity contribution in [1.29, 1.82) is 0 Å². The first-order valence-electron chi connectivity index (χ1n) is 13.3. The molecular formula is C35H24N2O5S. The summed E-state index contributed by atoms with van der Waals surface area (Å²) in [6, 6.07) is 31.7. The summed E-state index contributed by atoms with van der Waals surface area (Å²) in [5.41, 5.74) is 5.06. The summed E-state index contributed by atoms with van der Waals surface area (Å²) >= 11 is 5.50.